The van der Waals surface area contributed by atoms with Crippen LogP contribution >= 0.6 is 0 Å². The molecule has 9 N–H and O–H groups in total. The molecule has 0 aromatic carbocycles. The van der Waals surface area contributed by atoms with E-state index in [0.29, 0.717) is 0 Å². The minimum atomic E-state index is -1.79. The molecule has 0 spiro atoms. The lowest BCUT2D eigenvalue weighted by Crippen LogP contribution is -2.65. The molecule has 2 aliphatic heterocycles. The van der Waals surface area contributed by atoms with Crippen LogP contribution < -0.4 is 5.32 Å². The topological polar surface area (TPSA) is 228 Å². The molecule has 2 rings (SSSR count). The van der Waals surface area contributed by atoms with Gasteiger partial charge in [0.05, 0.1) is 32.0 Å². The number of hydrogen-bond donors (Lipinski definition) is 9. The minimum Gasteiger partial charge on any atom is -0.394 e. The van der Waals surface area contributed by atoms with Crippen LogP contribution in [-0.4, -0.2) is 140 Å². The quantitative estimate of drug-likeness (QED) is 0.0204. The fourth-order valence-corrected chi connectivity index (χ4v) is 12.4. The Bertz CT molecular complexity index is 1470. The van der Waals surface area contributed by atoms with Crippen molar-refractivity contribution in [1.82, 2.24) is 5.32 Å². The average Bonchev–Trinajstić information content (AvgIpc) is 3.70. The Morgan fingerprint density at radius 2 is 0.729 bits per heavy atom. The first-order chi connectivity index (χ1) is 41.6. The average molecular weight is 1210 g/mol. The van der Waals surface area contributed by atoms with Crippen LogP contribution in [0.5, 0.6) is 0 Å². The van der Waals surface area contributed by atoms with E-state index in [1.54, 1.807) is 6.08 Å². The van der Waals surface area contributed by atoms with Crippen LogP contribution in [0.3, 0.4) is 0 Å². The van der Waals surface area contributed by atoms with E-state index in [4.69, 9.17) is 18.9 Å². The van der Waals surface area contributed by atoms with Crippen LogP contribution in [0, 0.1) is 0 Å². The smallest absolute Gasteiger partial charge is 0.220 e. The van der Waals surface area contributed by atoms with Crippen molar-refractivity contribution in [1.29, 1.82) is 0 Å². The van der Waals surface area contributed by atoms with Crippen LogP contribution in [0.25, 0.3) is 0 Å². The van der Waals surface area contributed by atoms with Gasteiger partial charge in [-0.15, -0.1) is 0 Å². The molecule has 12 atom stereocenters. The molecule has 504 valence electrons. The van der Waals surface area contributed by atoms with Gasteiger partial charge in [-0.1, -0.05) is 328 Å². The van der Waals surface area contributed by atoms with Gasteiger partial charge < -0.3 is 65.1 Å². The number of allylic oxidation sites excluding steroid dienone is 1. The number of nitrogens with one attached hydrogen (secondary N) is 1. The molecule has 0 aromatic rings. The minimum absolute atomic E-state index is 0.230. The zero-order chi connectivity index (χ0) is 61.6. The summed E-state index contributed by atoms with van der Waals surface area (Å²) in [6, 6.07) is -0.911. The van der Waals surface area contributed by atoms with Crippen LogP contribution in [0.4, 0.5) is 0 Å². The lowest BCUT2D eigenvalue weighted by molar-refractivity contribution is -0.359. The molecule has 85 heavy (non-hydrogen) atoms. The van der Waals surface area contributed by atoms with Gasteiger partial charge in [-0.2, -0.15) is 0 Å². The second kappa shape index (κ2) is 56.7. The van der Waals surface area contributed by atoms with Crippen LogP contribution in [0.2, 0.25) is 0 Å². The number of unbranched alkanes of at least 4 members (excludes halogenated alkanes) is 48. The van der Waals surface area contributed by atoms with Gasteiger partial charge in [-0.25, -0.2) is 0 Å². The third-order valence-corrected chi connectivity index (χ3v) is 18.2. The molecule has 0 aliphatic carbocycles. The second-order valence-electron chi connectivity index (χ2n) is 26.1. The van der Waals surface area contributed by atoms with E-state index in [0.717, 1.165) is 44.9 Å². The van der Waals surface area contributed by atoms with E-state index in [9.17, 15) is 45.6 Å². The normalized spacial score (nSPS) is 23.5. The Hall–Kier alpha value is -1.27. The second-order valence-corrected chi connectivity index (χ2v) is 26.1. The molecule has 2 aliphatic rings. The molecule has 0 radical (unpaired) electrons. The lowest BCUT2D eigenvalue weighted by Gasteiger charge is -2.46. The molecule has 1 amide bonds. The molecule has 2 heterocycles. The van der Waals surface area contributed by atoms with Crippen molar-refractivity contribution >= 4 is 5.91 Å². The van der Waals surface area contributed by atoms with E-state index < -0.39 is 86.8 Å². The number of rotatable bonds is 61. The maximum atomic E-state index is 13.3. The van der Waals surface area contributed by atoms with Gasteiger partial charge in [-0.05, 0) is 19.3 Å². The first-order valence-electron chi connectivity index (χ1n) is 36.4. The van der Waals surface area contributed by atoms with Crippen molar-refractivity contribution < 1.29 is 64.6 Å². The van der Waals surface area contributed by atoms with E-state index in [1.807, 2.05) is 6.08 Å². The molecular formula is C71H137NO13. The summed E-state index contributed by atoms with van der Waals surface area (Å²) in [5.74, 6) is -0.230. The highest BCUT2D eigenvalue weighted by Gasteiger charge is 2.51. The zero-order valence-electron chi connectivity index (χ0n) is 54.9. The van der Waals surface area contributed by atoms with E-state index >= 15 is 0 Å². The van der Waals surface area contributed by atoms with Gasteiger partial charge >= 0.3 is 0 Å². The molecule has 14 heteroatoms. The van der Waals surface area contributed by atoms with Crippen LogP contribution in [0.1, 0.15) is 341 Å². The largest absolute Gasteiger partial charge is 0.394 e. The highest BCUT2D eigenvalue weighted by molar-refractivity contribution is 5.76. The van der Waals surface area contributed by atoms with E-state index in [1.165, 1.54) is 276 Å². The zero-order valence-corrected chi connectivity index (χ0v) is 54.9. The summed E-state index contributed by atoms with van der Waals surface area (Å²) in [6.45, 7) is 2.86. The fourth-order valence-electron chi connectivity index (χ4n) is 12.4. The van der Waals surface area contributed by atoms with Crippen molar-refractivity contribution in [2.75, 3.05) is 19.8 Å². The molecule has 2 saturated heterocycles. The van der Waals surface area contributed by atoms with Crippen molar-refractivity contribution in [3.05, 3.63) is 12.2 Å². The lowest BCUT2D eigenvalue weighted by atomic mass is 9.97. The molecule has 0 saturated carbocycles. The van der Waals surface area contributed by atoms with Gasteiger partial charge in [0.25, 0.3) is 0 Å². The molecule has 2 fully saturated rings. The first kappa shape index (κ1) is 79.8. The number of ether oxygens (including phenoxy) is 4. The maximum Gasteiger partial charge on any atom is 0.220 e. The van der Waals surface area contributed by atoms with Crippen molar-refractivity contribution in [2.45, 2.75) is 415 Å². The third kappa shape index (κ3) is 41.0. The van der Waals surface area contributed by atoms with Gasteiger partial charge in [0.2, 0.25) is 5.91 Å². The molecular weight excluding hydrogens is 1070 g/mol. The van der Waals surface area contributed by atoms with E-state index in [2.05, 4.69) is 19.2 Å². The van der Waals surface area contributed by atoms with Crippen molar-refractivity contribution in [3.63, 3.8) is 0 Å². The summed E-state index contributed by atoms with van der Waals surface area (Å²) in [5.41, 5.74) is 0. The first-order valence-corrected chi connectivity index (χ1v) is 36.4. The maximum absolute atomic E-state index is 13.3. The van der Waals surface area contributed by atoms with Crippen molar-refractivity contribution in [2.24, 2.45) is 0 Å². The fraction of sp³-hybridized carbons (Fsp3) is 0.958. The number of carbonyl (C=O) groups is 1. The van der Waals surface area contributed by atoms with Gasteiger partial charge in [-0.3, -0.25) is 4.79 Å². The number of aliphatic hydroxyl groups is 8. The summed E-state index contributed by atoms with van der Waals surface area (Å²) in [5, 5.41) is 87.5. The monoisotopic (exact) mass is 1210 g/mol. The summed E-state index contributed by atoms with van der Waals surface area (Å²) in [4.78, 5) is 13.3. The summed E-state index contributed by atoms with van der Waals surface area (Å²) < 4.78 is 22.9. The Kier molecular flexibility index (Phi) is 53.2. The number of hydrogen-bond acceptors (Lipinski definition) is 13. The summed E-state index contributed by atoms with van der Waals surface area (Å²) in [7, 11) is 0. The Morgan fingerprint density at radius 3 is 1.08 bits per heavy atom. The van der Waals surface area contributed by atoms with Crippen molar-refractivity contribution in [3.8, 4) is 0 Å². The summed E-state index contributed by atoms with van der Waals surface area (Å²) >= 11 is 0. The Morgan fingerprint density at radius 1 is 0.412 bits per heavy atom. The highest BCUT2D eigenvalue weighted by Crippen LogP contribution is 2.30. The van der Waals surface area contributed by atoms with Gasteiger partial charge in [0.1, 0.15) is 48.8 Å². The number of amides is 1. The predicted octanol–water partition coefficient (Wildman–Crippen LogP) is 15.0. The summed E-state index contributed by atoms with van der Waals surface area (Å²) in [6.07, 6.45) is 52.8. The van der Waals surface area contributed by atoms with Crippen LogP contribution in [0.15, 0.2) is 12.2 Å². The molecule has 0 aromatic heterocycles. The highest BCUT2D eigenvalue weighted by atomic mass is 16.7. The SMILES string of the molecule is CCCCCCCCCCCCCCCCCCCCC/C=C/C(O)C(COC1OC(CO)C(OC2OC(CO)C(O)C(O)C2O)C(O)C1O)NC(=O)CCCCCCCCCCCCCCCCCCCCCCCCCCCCCCCC. The van der Waals surface area contributed by atoms with Crippen LogP contribution in [-0.2, 0) is 23.7 Å². The number of carbonyl (C=O) groups excluding carboxylic acids is 1. The third-order valence-electron chi connectivity index (χ3n) is 18.2. The standard InChI is InChI=1S/C71H137NO13/c1-3-5-7-9-11-13-15-17-19-21-23-25-26-27-28-29-30-31-32-33-35-37-39-41-43-45-47-49-51-53-55-63(76)72-59(60(75)54-52-50-48-46-44-42-40-38-36-34-24-22-20-18-16-14-12-10-8-6-4-2)58-82-70-68(81)66(79)69(62(57-74)84-70)85-71-67(80)65(78)64(77)61(56-73)83-71/h52,54,59-62,64-71,73-75,77-81H,3-51,53,55-58H2,1-2H3,(H,72,76)/b54-52+. The van der Waals surface area contributed by atoms with E-state index in [-0.39, 0.29) is 18.9 Å². The Labute approximate surface area is 520 Å². The Balaban J connectivity index is 1.65. The molecule has 12 unspecified atom stereocenters. The molecule has 0 bridgehead atoms. The van der Waals surface area contributed by atoms with Gasteiger partial charge in [0.15, 0.2) is 12.6 Å². The predicted molar refractivity (Wildman–Crippen MR) is 346 cm³/mol. The molecule has 14 nitrogen and oxygen atoms in total. The number of aliphatic hydroxyl groups excluding tert-OH is 8. The van der Waals surface area contributed by atoms with Gasteiger partial charge in [0, 0.05) is 6.42 Å².